The van der Waals surface area contributed by atoms with E-state index in [4.69, 9.17) is 4.74 Å². The Morgan fingerprint density at radius 3 is 2.77 bits per heavy atom. The number of nitrogens with zero attached hydrogens (tertiary/aromatic N) is 3. The largest absolute Gasteiger partial charge is 0.379 e. The molecule has 3 aromatic rings. The SMILES string of the molecule is c1cc(CN2CCOCC2)cc(-c2cccc3ccnn23)c1. The maximum Gasteiger partial charge on any atom is 0.0725 e. The van der Waals surface area contributed by atoms with E-state index in [0.717, 1.165) is 44.1 Å². The van der Waals surface area contributed by atoms with Gasteiger partial charge in [-0.1, -0.05) is 24.3 Å². The van der Waals surface area contributed by atoms with Crippen molar-refractivity contribution in [2.75, 3.05) is 26.3 Å². The molecule has 4 heteroatoms. The van der Waals surface area contributed by atoms with Crippen molar-refractivity contribution in [2.24, 2.45) is 0 Å². The minimum absolute atomic E-state index is 0.840. The fourth-order valence-corrected chi connectivity index (χ4v) is 3.01. The van der Waals surface area contributed by atoms with E-state index >= 15 is 0 Å². The molecule has 1 aliphatic heterocycles. The molecule has 0 bridgehead atoms. The summed E-state index contributed by atoms with van der Waals surface area (Å²) in [6, 6.07) is 17.1. The van der Waals surface area contributed by atoms with E-state index in [-0.39, 0.29) is 0 Å². The van der Waals surface area contributed by atoms with Crippen LogP contribution >= 0.6 is 0 Å². The van der Waals surface area contributed by atoms with Gasteiger partial charge in [-0.25, -0.2) is 4.52 Å². The van der Waals surface area contributed by atoms with E-state index in [1.54, 1.807) is 0 Å². The maximum atomic E-state index is 5.42. The summed E-state index contributed by atoms with van der Waals surface area (Å²) in [5, 5.41) is 4.43. The molecule has 0 N–H and O–H groups in total. The second-order valence-electron chi connectivity index (χ2n) is 5.67. The summed E-state index contributed by atoms with van der Waals surface area (Å²) in [4.78, 5) is 2.44. The Hall–Kier alpha value is -2.17. The van der Waals surface area contributed by atoms with Crippen LogP contribution in [0.15, 0.2) is 54.7 Å². The van der Waals surface area contributed by atoms with E-state index in [2.05, 4.69) is 52.5 Å². The van der Waals surface area contributed by atoms with Crippen molar-refractivity contribution in [3.8, 4) is 11.3 Å². The highest BCUT2D eigenvalue weighted by Crippen LogP contribution is 2.22. The van der Waals surface area contributed by atoms with Crippen LogP contribution < -0.4 is 0 Å². The Labute approximate surface area is 129 Å². The van der Waals surface area contributed by atoms with Gasteiger partial charge in [0, 0.05) is 25.2 Å². The topological polar surface area (TPSA) is 29.8 Å². The van der Waals surface area contributed by atoms with E-state index in [1.807, 2.05) is 16.8 Å². The molecule has 2 aromatic heterocycles. The smallest absolute Gasteiger partial charge is 0.0725 e. The molecule has 0 unspecified atom stereocenters. The molecule has 0 radical (unpaired) electrons. The molecule has 1 aliphatic rings. The monoisotopic (exact) mass is 293 g/mol. The number of hydrogen-bond acceptors (Lipinski definition) is 3. The van der Waals surface area contributed by atoms with Crippen molar-refractivity contribution < 1.29 is 4.74 Å². The van der Waals surface area contributed by atoms with Crippen molar-refractivity contribution in [1.29, 1.82) is 0 Å². The van der Waals surface area contributed by atoms with Gasteiger partial charge in [0.05, 0.1) is 30.6 Å². The van der Waals surface area contributed by atoms with Crippen molar-refractivity contribution in [1.82, 2.24) is 14.5 Å². The second-order valence-corrected chi connectivity index (χ2v) is 5.67. The highest BCUT2D eigenvalue weighted by atomic mass is 16.5. The standard InChI is InChI=1S/C18H19N3O/c1-3-15(14-20-9-11-22-12-10-20)13-16(4-1)18-6-2-5-17-7-8-19-21(17)18/h1-8,13H,9-12,14H2. The third kappa shape index (κ3) is 2.63. The normalized spacial score (nSPS) is 16.2. The first kappa shape index (κ1) is 13.5. The first-order valence-electron chi connectivity index (χ1n) is 7.72. The maximum absolute atomic E-state index is 5.42. The van der Waals surface area contributed by atoms with Gasteiger partial charge >= 0.3 is 0 Å². The summed E-state index contributed by atoms with van der Waals surface area (Å²) in [6.45, 7) is 4.68. The molecule has 0 atom stereocenters. The van der Waals surface area contributed by atoms with E-state index < -0.39 is 0 Å². The van der Waals surface area contributed by atoms with Crippen molar-refractivity contribution in [3.05, 3.63) is 60.3 Å². The zero-order valence-corrected chi connectivity index (χ0v) is 12.5. The predicted octanol–water partition coefficient (Wildman–Crippen LogP) is 2.83. The minimum atomic E-state index is 0.840. The highest BCUT2D eigenvalue weighted by Gasteiger charge is 2.11. The number of rotatable bonds is 3. The van der Waals surface area contributed by atoms with Crippen LogP contribution in [0.5, 0.6) is 0 Å². The third-order valence-electron chi connectivity index (χ3n) is 4.15. The zero-order chi connectivity index (χ0) is 14.8. The van der Waals surface area contributed by atoms with Gasteiger partial charge in [0.15, 0.2) is 0 Å². The molecule has 0 spiro atoms. The molecule has 1 aromatic carbocycles. The van der Waals surface area contributed by atoms with Gasteiger partial charge in [-0.05, 0) is 29.8 Å². The fraction of sp³-hybridized carbons (Fsp3) is 0.278. The predicted molar refractivity (Wildman–Crippen MR) is 86.7 cm³/mol. The van der Waals surface area contributed by atoms with Crippen LogP contribution in [0.4, 0.5) is 0 Å². The number of fused-ring (bicyclic) bond motifs is 1. The van der Waals surface area contributed by atoms with E-state index in [9.17, 15) is 0 Å². The average Bonchev–Trinajstić information content (AvgIpc) is 3.04. The molecule has 4 rings (SSSR count). The Kier molecular flexibility index (Phi) is 3.62. The molecule has 1 saturated heterocycles. The summed E-state index contributed by atoms with van der Waals surface area (Å²) in [6.07, 6.45) is 1.84. The lowest BCUT2D eigenvalue weighted by Crippen LogP contribution is -2.35. The molecule has 4 nitrogen and oxygen atoms in total. The summed E-state index contributed by atoms with van der Waals surface area (Å²) in [5.74, 6) is 0. The first-order chi connectivity index (χ1) is 10.9. The molecule has 0 saturated carbocycles. The van der Waals surface area contributed by atoms with Crippen LogP contribution in [0.2, 0.25) is 0 Å². The third-order valence-corrected chi connectivity index (χ3v) is 4.15. The quantitative estimate of drug-likeness (QED) is 0.744. The Morgan fingerprint density at radius 2 is 1.86 bits per heavy atom. The first-order valence-corrected chi connectivity index (χ1v) is 7.72. The molecule has 0 aliphatic carbocycles. The lowest BCUT2D eigenvalue weighted by molar-refractivity contribution is 0.0342. The van der Waals surface area contributed by atoms with Crippen molar-refractivity contribution in [3.63, 3.8) is 0 Å². The van der Waals surface area contributed by atoms with Gasteiger partial charge in [-0.3, -0.25) is 4.90 Å². The lowest BCUT2D eigenvalue weighted by Gasteiger charge is -2.26. The summed E-state index contributed by atoms with van der Waals surface area (Å²) < 4.78 is 7.41. The van der Waals surface area contributed by atoms with Gasteiger partial charge < -0.3 is 4.74 Å². The Morgan fingerprint density at radius 1 is 1.00 bits per heavy atom. The van der Waals surface area contributed by atoms with Crippen LogP contribution in [-0.4, -0.2) is 40.8 Å². The molecule has 22 heavy (non-hydrogen) atoms. The molecule has 3 heterocycles. The minimum Gasteiger partial charge on any atom is -0.379 e. The molecule has 0 amide bonds. The van der Waals surface area contributed by atoms with Crippen LogP contribution in [0.1, 0.15) is 5.56 Å². The van der Waals surface area contributed by atoms with Crippen LogP contribution in [0, 0.1) is 0 Å². The molecule has 1 fully saturated rings. The number of aromatic nitrogens is 2. The fourth-order valence-electron chi connectivity index (χ4n) is 3.01. The van der Waals surface area contributed by atoms with Crippen LogP contribution in [0.25, 0.3) is 16.8 Å². The summed E-state index contributed by atoms with van der Waals surface area (Å²) in [5.41, 5.74) is 4.80. The van der Waals surface area contributed by atoms with Gasteiger partial charge in [0.25, 0.3) is 0 Å². The number of hydrogen-bond donors (Lipinski definition) is 0. The lowest BCUT2D eigenvalue weighted by atomic mass is 10.1. The summed E-state index contributed by atoms with van der Waals surface area (Å²) >= 11 is 0. The van der Waals surface area contributed by atoms with Gasteiger partial charge in [-0.15, -0.1) is 0 Å². The van der Waals surface area contributed by atoms with Gasteiger partial charge in [-0.2, -0.15) is 5.10 Å². The van der Waals surface area contributed by atoms with E-state index in [1.165, 1.54) is 11.1 Å². The zero-order valence-electron chi connectivity index (χ0n) is 12.5. The van der Waals surface area contributed by atoms with Crippen LogP contribution in [-0.2, 0) is 11.3 Å². The van der Waals surface area contributed by atoms with E-state index in [0.29, 0.717) is 0 Å². The average molecular weight is 293 g/mol. The summed E-state index contributed by atoms with van der Waals surface area (Å²) in [7, 11) is 0. The Bertz CT molecular complexity index is 775. The number of benzene rings is 1. The van der Waals surface area contributed by atoms with Crippen LogP contribution in [0.3, 0.4) is 0 Å². The molecular weight excluding hydrogens is 274 g/mol. The number of ether oxygens (including phenoxy) is 1. The number of morpholine rings is 1. The Balaban J connectivity index is 1.65. The van der Waals surface area contributed by atoms with Crippen molar-refractivity contribution >= 4 is 5.52 Å². The van der Waals surface area contributed by atoms with Crippen molar-refractivity contribution in [2.45, 2.75) is 6.54 Å². The molecule has 112 valence electrons. The second kappa shape index (κ2) is 5.91. The number of pyridine rings is 1. The molecular formula is C18H19N3O. The van der Waals surface area contributed by atoms with Gasteiger partial charge in [0.1, 0.15) is 0 Å². The highest BCUT2D eigenvalue weighted by molar-refractivity contribution is 5.64. The van der Waals surface area contributed by atoms with Gasteiger partial charge in [0.2, 0.25) is 0 Å².